The molecule has 4 nitrogen and oxygen atoms in total. The predicted octanol–water partition coefficient (Wildman–Crippen LogP) is 4.33. The normalized spacial score (nSPS) is 22.3. The molecule has 0 bridgehead atoms. The van der Waals surface area contributed by atoms with Crippen molar-refractivity contribution in [2.24, 2.45) is 0 Å². The van der Waals surface area contributed by atoms with Crippen molar-refractivity contribution in [3.8, 4) is 5.75 Å². The van der Waals surface area contributed by atoms with Gasteiger partial charge in [-0.25, -0.2) is 0 Å². The fraction of sp³-hybridized carbons (Fsp3) is 0.571. The zero-order chi connectivity index (χ0) is 16.4. The van der Waals surface area contributed by atoms with Crippen molar-refractivity contribution in [2.45, 2.75) is 43.7 Å². The van der Waals surface area contributed by atoms with Crippen molar-refractivity contribution < 1.29 is 17.1 Å². The van der Waals surface area contributed by atoms with E-state index in [0.717, 1.165) is 17.5 Å². The molecule has 22 heavy (non-hydrogen) atoms. The largest absolute Gasteiger partial charge is 0.497 e. The van der Waals surface area contributed by atoms with Gasteiger partial charge in [0, 0.05) is 4.90 Å². The van der Waals surface area contributed by atoms with E-state index >= 15 is 0 Å². The maximum absolute atomic E-state index is 6.31. The van der Waals surface area contributed by atoms with E-state index in [2.05, 4.69) is 44.9 Å². The molecule has 0 unspecified atom stereocenters. The van der Waals surface area contributed by atoms with Crippen LogP contribution in [0.1, 0.15) is 0 Å². The first kappa shape index (κ1) is 18.2. The molecule has 1 fully saturated rings. The van der Waals surface area contributed by atoms with Crippen molar-refractivity contribution in [3.05, 3.63) is 24.3 Å². The van der Waals surface area contributed by atoms with Crippen molar-refractivity contribution >= 4 is 37.4 Å². The third kappa shape index (κ3) is 5.22. The van der Waals surface area contributed by atoms with E-state index in [1.807, 2.05) is 23.9 Å². The number of hydrogen-bond donors (Lipinski definition) is 0. The molecule has 2 rings (SSSR count). The lowest BCUT2D eigenvalue weighted by molar-refractivity contribution is 0.233. The van der Waals surface area contributed by atoms with Gasteiger partial charge in [-0.05, 0) is 68.8 Å². The Kier molecular flexibility index (Phi) is 5.63. The van der Waals surface area contributed by atoms with Gasteiger partial charge < -0.3 is 17.1 Å². The first-order chi connectivity index (χ1) is 10.1. The van der Waals surface area contributed by atoms with Crippen molar-refractivity contribution in [2.75, 3.05) is 12.9 Å². The summed E-state index contributed by atoms with van der Waals surface area (Å²) in [5, 5.41) is 0. The summed E-state index contributed by atoms with van der Waals surface area (Å²) in [7, 11) is -4.50. The van der Waals surface area contributed by atoms with Gasteiger partial charge in [-0.3, -0.25) is 0 Å². The van der Waals surface area contributed by atoms with Gasteiger partial charge in [0.1, 0.15) is 5.75 Å². The molecule has 1 aliphatic heterocycles. The Hall–Kier alpha value is -0.0994. The first-order valence-electron chi connectivity index (χ1n) is 7.50. The summed E-state index contributed by atoms with van der Waals surface area (Å²) in [6.45, 7) is 10.7. The van der Waals surface area contributed by atoms with Gasteiger partial charge in [-0.1, -0.05) is 0 Å². The third-order valence-electron chi connectivity index (χ3n) is 3.30. The van der Waals surface area contributed by atoms with Crippen LogP contribution in [0.5, 0.6) is 5.75 Å². The average molecular weight is 375 g/mol. The Morgan fingerprint density at radius 3 is 1.95 bits per heavy atom. The van der Waals surface area contributed by atoms with Crippen molar-refractivity contribution in [1.29, 1.82) is 0 Å². The average Bonchev–Trinajstić information content (AvgIpc) is 2.35. The smallest absolute Gasteiger partial charge is 0.318 e. The lowest BCUT2D eigenvalue weighted by Gasteiger charge is -2.47. The Morgan fingerprint density at radius 1 is 0.909 bits per heavy atom. The van der Waals surface area contributed by atoms with Crippen LogP contribution in [-0.2, 0) is 12.3 Å². The highest BCUT2D eigenvalue weighted by atomic mass is 32.2. The van der Waals surface area contributed by atoms with Crippen LogP contribution in [0.4, 0.5) is 0 Å². The van der Waals surface area contributed by atoms with E-state index in [4.69, 9.17) is 17.1 Å². The maximum atomic E-state index is 6.31. The molecule has 0 spiro atoms. The summed E-state index contributed by atoms with van der Waals surface area (Å²) >= 11 is 1.84. The van der Waals surface area contributed by atoms with Crippen molar-refractivity contribution in [3.63, 3.8) is 0 Å². The predicted molar refractivity (Wildman–Crippen MR) is 98.4 cm³/mol. The Morgan fingerprint density at radius 2 is 1.45 bits per heavy atom. The highest BCUT2D eigenvalue weighted by Gasteiger charge is 2.52. The number of rotatable bonds is 5. The van der Waals surface area contributed by atoms with E-state index in [-0.39, 0.29) is 0 Å². The molecular formula is C14H26O4SSi3. The lowest BCUT2D eigenvalue weighted by Crippen LogP contribution is -2.65. The van der Waals surface area contributed by atoms with Crippen LogP contribution in [0.15, 0.2) is 29.2 Å². The van der Waals surface area contributed by atoms with Crippen LogP contribution >= 0.6 is 11.8 Å². The molecule has 1 aromatic rings. The van der Waals surface area contributed by atoms with Gasteiger partial charge in [0.15, 0.2) is 0 Å². The van der Waals surface area contributed by atoms with Gasteiger partial charge in [-0.2, -0.15) is 0 Å². The maximum Gasteiger partial charge on any atom is 0.318 e. The van der Waals surface area contributed by atoms with E-state index in [9.17, 15) is 0 Å². The second-order valence-corrected chi connectivity index (χ2v) is 18.5. The zero-order valence-corrected chi connectivity index (χ0v) is 18.1. The topological polar surface area (TPSA) is 36.9 Å². The van der Waals surface area contributed by atoms with Crippen LogP contribution in [-0.4, -0.2) is 38.5 Å². The minimum absolute atomic E-state index is 0.891. The summed E-state index contributed by atoms with van der Waals surface area (Å²) < 4.78 is 23.9. The number of hydrogen-bond acceptors (Lipinski definition) is 5. The number of benzene rings is 1. The van der Waals surface area contributed by atoms with Gasteiger partial charge in [0.2, 0.25) is 0 Å². The Bertz CT molecular complexity index is 491. The fourth-order valence-electron chi connectivity index (χ4n) is 2.82. The molecular weight excluding hydrogens is 348 g/mol. The number of ether oxygens (including phenoxy) is 1. The van der Waals surface area contributed by atoms with E-state index in [1.165, 1.54) is 4.90 Å². The number of thioether (sulfide) groups is 1. The highest BCUT2D eigenvalue weighted by Crippen LogP contribution is 2.34. The second-order valence-electron chi connectivity index (χ2n) is 6.51. The minimum Gasteiger partial charge on any atom is -0.497 e. The third-order valence-corrected chi connectivity index (χ3v) is 17.2. The molecule has 1 aliphatic rings. The minimum atomic E-state index is -2.13. The molecule has 1 heterocycles. The quantitative estimate of drug-likeness (QED) is 0.566. The SMILES string of the molecule is COc1ccc(SCC[Si]2(C)O[Si](C)(C)O[Si](C)(C)O2)cc1. The lowest BCUT2D eigenvalue weighted by atomic mass is 10.3. The summed E-state index contributed by atoms with van der Waals surface area (Å²) in [5.74, 6) is 1.89. The van der Waals surface area contributed by atoms with Gasteiger partial charge in [0.05, 0.1) is 7.11 Å². The van der Waals surface area contributed by atoms with E-state index in [0.29, 0.717) is 0 Å². The number of methoxy groups -OCH3 is 1. The summed E-state index contributed by atoms with van der Waals surface area (Å²) in [5.41, 5.74) is 0. The molecule has 124 valence electrons. The highest BCUT2D eigenvalue weighted by molar-refractivity contribution is 7.99. The Balaban J connectivity index is 1.91. The molecule has 0 aliphatic carbocycles. The van der Waals surface area contributed by atoms with E-state index < -0.39 is 25.7 Å². The van der Waals surface area contributed by atoms with Crippen LogP contribution < -0.4 is 4.74 Å². The molecule has 0 atom stereocenters. The summed E-state index contributed by atoms with van der Waals surface area (Å²) in [4.78, 5) is 1.25. The van der Waals surface area contributed by atoms with Gasteiger partial charge in [0.25, 0.3) is 0 Å². The molecule has 0 N–H and O–H groups in total. The molecule has 0 aromatic heterocycles. The standard InChI is InChI=1S/C14H26O4SSi3/c1-15-13-7-9-14(10-8-13)19-11-12-22(6)17-20(2,3)16-21(4,5)18-22/h7-10H,11-12H2,1-6H3. The molecule has 8 heteroatoms. The molecule has 1 saturated heterocycles. The Labute approximate surface area is 141 Å². The zero-order valence-electron chi connectivity index (χ0n) is 14.3. The van der Waals surface area contributed by atoms with Crippen molar-refractivity contribution in [1.82, 2.24) is 0 Å². The van der Waals surface area contributed by atoms with Gasteiger partial charge >= 0.3 is 25.7 Å². The molecule has 0 radical (unpaired) electrons. The summed E-state index contributed by atoms with van der Waals surface area (Å²) in [6, 6.07) is 9.16. The van der Waals surface area contributed by atoms with Crippen LogP contribution in [0.3, 0.4) is 0 Å². The fourth-order valence-corrected chi connectivity index (χ4v) is 20.8. The molecule has 0 saturated carbocycles. The first-order valence-corrected chi connectivity index (χ1v) is 16.6. The molecule has 1 aromatic carbocycles. The van der Waals surface area contributed by atoms with Crippen LogP contribution in [0.25, 0.3) is 0 Å². The van der Waals surface area contributed by atoms with Crippen LogP contribution in [0.2, 0.25) is 38.8 Å². The second kappa shape index (κ2) is 6.80. The van der Waals surface area contributed by atoms with Gasteiger partial charge in [-0.15, -0.1) is 11.8 Å². The van der Waals surface area contributed by atoms with E-state index in [1.54, 1.807) is 7.11 Å². The summed E-state index contributed by atoms with van der Waals surface area (Å²) in [6.07, 6.45) is 0. The molecule has 0 amide bonds. The van der Waals surface area contributed by atoms with Crippen LogP contribution in [0, 0.1) is 0 Å². The monoisotopic (exact) mass is 374 g/mol.